The largest absolute Gasteiger partial charge is 0.481 e. The third kappa shape index (κ3) is 4.97. The quantitative estimate of drug-likeness (QED) is 0.501. The van der Waals surface area contributed by atoms with Crippen LogP contribution < -0.4 is 10.2 Å². The van der Waals surface area contributed by atoms with Gasteiger partial charge in [0, 0.05) is 29.9 Å². The number of fused-ring (bicyclic) bond motifs is 1. The summed E-state index contributed by atoms with van der Waals surface area (Å²) in [5.41, 5.74) is 2.18. The molecule has 0 bridgehead atoms. The van der Waals surface area contributed by atoms with Crippen LogP contribution >= 0.6 is 23.2 Å². The predicted molar refractivity (Wildman–Crippen MR) is 128 cm³/mol. The second-order valence-electron chi connectivity index (χ2n) is 7.90. The highest BCUT2D eigenvalue weighted by Crippen LogP contribution is 2.33. The smallest absolute Gasteiger partial charge is 0.306 e. The van der Waals surface area contributed by atoms with E-state index < -0.39 is 5.97 Å². The third-order valence-electron chi connectivity index (χ3n) is 5.82. The number of carbonyl (C=O) groups excluding carboxylic acids is 1. The Morgan fingerprint density at radius 2 is 1.78 bits per heavy atom. The molecular formula is C24H23Cl2N3O3. The monoisotopic (exact) mass is 471 g/mol. The van der Waals surface area contributed by atoms with Crippen molar-refractivity contribution >= 4 is 57.5 Å². The fourth-order valence-electron chi connectivity index (χ4n) is 3.98. The molecule has 8 heteroatoms. The van der Waals surface area contributed by atoms with Crippen molar-refractivity contribution in [1.29, 1.82) is 0 Å². The lowest BCUT2D eigenvalue weighted by molar-refractivity contribution is -0.142. The predicted octanol–water partition coefficient (Wildman–Crippen LogP) is 5.41. The topological polar surface area (TPSA) is 82.5 Å². The van der Waals surface area contributed by atoms with Gasteiger partial charge in [0.2, 0.25) is 5.91 Å². The molecule has 4 rings (SSSR count). The van der Waals surface area contributed by atoms with Crippen molar-refractivity contribution in [2.24, 2.45) is 5.92 Å². The van der Waals surface area contributed by atoms with Gasteiger partial charge in [0.25, 0.3) is 0 Å². The molecule has 0 radical (unpaired) electrons. The van der Waals surface area contributed by atoms with Gasteiger partial charge < -0.3 is 15.3 Å². The maximum absolute atomic E-state index is 12.6. The van der Waals surface area contributed by atoms with Crippen LogP contribution in [0.5, 0.6) is 0 Å². The lowest BCUT2D eigenvalue weighted by Gasteiger charge is -2.31. The second-order valence-corrected chi connectivity index (χ2v) is 8.71. The van der Waals surface area contributed by atoms with Crippen molar-refractivity contribution in [2.45, 2.75) is 25.7 Å². The first-order valence-corrected chi connectivity index (χ1v) is 11.3. The molecule has 0 spiro atoms. The fraction of sp³-hybridized carbons (Fsp3) is 0.292. The summed E-state index contributed by atoms with van der Waals surface area (Å²) >= 11 is 12.6. The minimum Gasteiger partial charge on any atom is -0.481 e. The van der Waals surface area contributed by atoms with Crippen LogP contribution in [-0.4, -0.2) is 35.1 Å². The number of aromatic nitrogens is 1. The molecule has 0 atom stereocenters. The van der Waals surface area contributed by atoms with E-state index in [2.05, 4.69) is 10.2 Å². The Morgan fingerprint density at radius 3 is 2.50 bits per heavy atom. The van der Waals surface area contributed by atoms with Gasteiger partial charge in [-0.3, -0.25) is 9.59 Å². The van der Waals surface area contributed by atoms with Crippen LogP contribution in [0.25, 0.3) is 10.9 Å². The van der Waals surface area contributed by atoms with Crippen LogP contribution in [-0.2, 0) is 16.0 Å². The fourth-order valence-corrected chi connectivity index (χ4v) is 4.42. The normalized spacial score (nSPS) is 14.5. The summed E-state index contributed by atoms with van der Waals surface area (Å²) in [6.07, 6.45) is 2.01. The molecule has 2 heterocycles. The van der Waals surface area contributed by atoms with Crippen molar-refractivity contribution in [2.75, 3.05) is 23.3 Å². The molecule has 1 amide bonds. The number of hydrogen-bond donors (Lipinski definition) is 2. The average molecular weight is 472 g/mol. The van der Waals surface area contributed by atoms with Crippen molar-refractivity contribution < 1.29 is 14.7 Å². The van der Waals surface area contributed by atoms with Gasteiger partial charge in [0.1, 0.15) is 5.82 Å². The average Bonchev–Trinajstić information content (AvgIpc) is 2.80. The summed E-state index contributed by atoms with van der Waals surface area (Å²) < 4.78 is 0. The second kappa shape index (κ2) is 9.76. The number of carboxylic acids is 1. The highest BCUT2D eigenvalue weighted by molar-refractivity contribution is 6.35. The van der Waals surface area contributed by atoms with Crippen molar-refractivity contribution in [3.63, 3.8) is 0 Å². The molecule has 1 aromatic heterocycles. The molecule has 2 aromatic carbocycles. The number of benzene rings is 2. The SMILES string of the molecule is O=C(CCc1ccccc1Cl)Nc1c(Cl)ccc2nc(N3CCC(C(=O)O)CC3)ccc12. The first kappa shape index (κ1) is 22.4. The maximum atomic E-state index is 12.6. The Labute approximate surface area is 196 Å². The van der Waals surface area contributed by atoms with Gasteiger partial charge in [0.15, 0.2) is 0 Å². The lowest BCUT2D eigenvalue weighted by Crippen LogP contribution is -2.36. The van der Waals surface area contributed by atoms with Crippen LogP contribution in [0.2, 0.25) is 10.0 Å². The number of hydrogen-bond acceptors (Lipinski definition) is 4. The van der Waals surface area contributed by atoms with Gasteiger partial charge in [-0.25, -0.2) is 4.98 Å². The summed E-state index contributed by atoms with van der Waals surface area (Å²) in [5.74, 6) is -0.391. The van der Waals surface area contributed by atoms with E-state index in [1.165, 1.54) is 0 Å². The van der Waals surface area contributed by atoms with Crippen LogP contribution in [0.4, 0.5) is 11.5 Å². The molecule has 32 heavy (non-hydrogen) atoms. The number of carbonyl (C=O) groups is 2. The van der Waals surface area contributed by atoms with E-state index in [0.717, 1.165) is 16.8 Å². The van der Waals surface area contributed by atoms with Gasteiger partial charge in [-0.05, 0) is 55.2 Å². The van der Waals surface area contributed by atoms with E-state index in [0.29, 0.717) is 53.6 Å². The minimum atomic E-state index is -0.735. The third-order valence-corrected chi connectivity index (χ3v) is 6.50. The molecule has 1 saturated heterocycles. The molecule has 3 aromatic rings. The van der Waals surface area contributed by atoms with Crippen LogP contribution in [0.15, 0.2) is 48.5 Å². The zero-order valence-electron chi connectivity index (χ0n) is 17.4. The highest BCUT2D eigenvalue weighted by atomic mass is 35.5. The summed E-state index contributed by atoms with van der Waals surface area (Å²) in [6.45, 7) is 1.30. The number of nitrogens with zero attached hydrogens (tertiary/aromatic N) is 2. The van der Waals surface area contributed by atoms with E-state index in [1.54, 1.807) is 6.07 Å². The Kier molecular flexibility index (Phi) is 6.82. The molecule has 0 aliphatic carbocycles. The van der Waals surface area contributed by atoms with E-state index in [4.69, 9.17) is 28.2 Å². The molecule has 166 valence electrons. The number of nitrogens with one attached hydrogen (secondary N) is 1. The van der Waals surface area contributed by atoms with E-state index in [1.807, 2.05) is 42.5 Å². The first-order chi connectivity index (χ1) is 15.4. The standard InChI is InChI=1S/C24H23Cl2N3O3/c25-18-4-2-1-3-15(18)5-10-22(30)28-23-17-6-9-21(27-20(17)8-7-19(23)26)29-13-11-16(12-14-29)24(31)32/h1-4,6-9,16H,5,10-14H2,(H,28,30)(H,31,32). The molecule has 6 nitrogen and oxygen atoms in total. The number of aliphatic carboxylic acids is 1. The molecular weight excluding hydrogens is 449 g/mol. The molecule has 1 aliphatic rings. The van der Waals surface area contributed by atoms with Gasteiger partial charge >= 0.3 is 5.97 Å². The number of carboxylic acid groups (broad SMARTS) is 1. The molecule has 1 fully saturated rings. The Hall–Kier alpha value is -2.83. The number of pyridine rings is 1. The molecule has 0 saturated carbocycles. The summed E-state index contributed by atoms with van der Waals surface area (Å²) in [7, 11) is 0. The summed E-state index contributed by atoms with van der Waals surface area (Å²) in [5, 5.41) is 14.0. The number of aryl methyl sites for hydroxylation is 1. The minimum absolute atomic E-state index is 0.154. The van der Waals surface area contributed by atoms with Gasteiger partial charge in [0.05, 0.1) is 22.1 Å². The number of halogens is 2. The van der Waals surface area contributed by atoms with Crippen molar-refractivity contribution in [3.05, 3.63) is 64.1 Å². The maximum Gasteiger partial charge on any atom is 0.306 e. The Balaban J connectivity index is 1.48. The highest BCUT2D eigenvalue weighted by Gasteiger charge is 2.25. The van der Waals surface area contributed by atoms with Crippen molar-refractivity contribution in [1.82, 2.24) is 4.98 Å². The van der Waals surface area contributed by atoms with Crippen LogP contribution in [0.1, 0.15) is 24.8 Å². The number of piperidine rings is 1. The van der Waals surface area contributed by atoms with Crippen LogP contribution in [0, 0.1) is 5.92 Å². The zero-order valence-corrected chi connectivity index (χ0v) is 18.9. The van der Waals surface area contributed by atoms with Crippen molar-refractivity contribution in [3.8, 4) is 0 Å². The van der Waals surface area contributed by atoms with E-state index >= 15 is 0 Å². The number of rotatable bonds is 6. The zero-order chi connectivity index (χ0) is 22.7. The van der Waals surface area contributed by atoms with Gasteiger partial charge in [-0.15, -0.1) is 0 Å². The lowest BCUT2D eigenvalue weighted by atomic mass is 9.97. The Bertz CT molecular complexity index is 1160. The van der Waals surface area contributed by atoms with Gasteiger partial charge in [-0.2, -0.15) is 0 Å². The Morgan fingerprint density at radius 1 is 1.03 bits per heavy atom. The van der Waals surface area contributed by atoms with E-state index in [-0.39, 0.29) is 18.2 Å². The summed E-state index contributed by atoms with van der Waals surface area (Å²) in [6, 6.07) is 14.8. The number of amides is 1. The molecule has 1 aliphatic heterocycles. The number of anilines is 2. The van der Waals surface area contributed by atoms with Gasteiger partial charge in [-0.1, -0.05) is 41.4 Å². The van der Waals surface area contributed by atoms with Crippen LogP contribution in [0.3, 0.4) is 0 Å². The van der Waals surface area contributed by atoms with E-state index in [9.17, 15) is 14.7 Å². The molecule has 0 unspecified atom stereocenters. The molecule has 2 N–H and O–H groups in total. The first-order valence-electron chi connectivity index (χ1n) is 10.5. The summed E-state index contributed by atoms with van der Waals surface area (Å²) in [4.78, 5) is 30.6.